The molecule has 2 heterocycles. The van der Waals surface area contributed by atoms with Gasteiger partial charge in [-0.05, 0) is 23.8 Å². The number of nitrogens with one attached hydrogen (secondary N) is 1. The SMILES string of the molecule is C=CCN1C(=O)c2ccccc2C1c1ccc[nH]1. The van der Waals surface area contributed by atoms with Crippen molar-refractivity contribution in [3.63, 3.8) is 0 Å². The molecule has 1 atom stereocenters. The molecular weight excluding hydrogens is 224 g/mol. The molecule has 0 saturated heterocycles. The maximum Gasteiger partial charge on any atom is 0.255 e. The Hall–Kier alpha value is -2.29. The minimum Gasteiger partial charge on any atom is -0.363 e. The van der Waals surface area contributed by atoms with Gasteiger partial charge in [-0.3, -0.25) is 4.79 Å². The standard InChI is InChI=1S/C15H14N2O/c1-2-10-17-14(13-8-5-9-16-13)11-6-3-4-7-12(11)15(17)18/h2-9,14,16H,1,10H2. The average Bonchev–Trinajstić information content (AvgIpc) is 2.99. The van der Waals surface area contributed by atoms with Crippen LogP contribution in [-0.2, 0) is 0 Å². The number of benzene rings is 1. The molecule has 3 heteroatoms. The molecule has 1 aromatic carbocycles. The Kier molecular flexibility index (Phi) is 2.52. The lowest BCUT2D eigenvalue weighted by atomic mass is 10.0. The molecule has 2 aromatic rings. The summed E-state index contributed by atoms with van der Waals surface area (Å²) in [6.07, 6.45) is 3.65. The maximum absolute atomic E-state index is 12.4. The van der Waals surface area contributed by atoms with E-state index in [9.17, 15) is 4.79 Å². The van der Waals surface area contributed by atoms with E-state index in [4.69, 9.17) is 0 Å². The third-order valence-corrected chi connectivity index (χ3v) is 3.30. The highest BCUT2D eigenvalue weighted by molar-refractivity contribution is 5.99. The van der Waals surface area contributed by atoms with Crippen molar-refractivity contribution in [1.82, 2.24) is 9.88 Å². The van der Waals surface area contributed by atoms with E-state index in [2.05, 4.69) is 11.6 Å². The summed E-state index contributed by atoms with van der Waals surface area (Å²) < 4.78 is 0. The number of fused-ring (bicyclic) bond motifs is 1. The summed E-state index contributed by atoms with van der Waals surface area (Å²) >= 11 is 0. The molecule has 1 unspecified atom stereocenters. The van der Waals surface area contributed by atoms with Crippen LogP contribution < -0.4 is 0 Å². The predicted molar refractivity (Wildman–Crippen MR) is 70.3 cm³/mol. The number of amides is 1. The van der Waals surface area contributed by atoms with Gasteiger partial charge in [0.05, 0.1) is 6.04 Å². The average molecular weight is 238 g/mol. The van der Waals surface area contributed by atoms with E-state index in [1.165, 1.54) is 0 Å². The number of nitrogens with zero attached hydrogens (tertiary/aromatic N) is 1. The van der Waals surface area contributed by atoms with Crippen molar-refractivity contribution in [2.45, 2.75) is 6.04 Å². The van der Waals surface area contributed by atoms with Gasteiger partial charge >= 0.3 is 0 Å². The van der Waals surface area contributed by atoms with Crippen molar-refractivity contribution in [1.29, 1.82) is 0 Å². The van der Waals surface area contributed by atoms with Crippen LogP contribution >= 0.6 is 0 Å². The van der Waals surface area contributed by atoms with Gasteiger partial charge < -0.3 is 9.88 Å². The molecule has 0 fully saturated rings. The number of H-pyrrole nitrogens is 1. The van der Waals surface area contributed by atoms with E-state index >= 15 is 0 Å². The number of hydrogen-bond donors (Lipinski definition) is 1. The number of hydrogen-bond acceptors (Lipinski definition) is 1. The first-order chi connectivity index (χ1) is 8.83. The third-order valence-electron chi connectivity index (χ3n) is 3.30. The van der Waals surface area contributed by atoms with E-state index in [0.717, 1.165) is 16.8 Å². The second-order valence-corrected chi connectivity index (χ2v) is 4.36. The Labute approximate surface area is 106 Å². The van der Waals surface area contributed by atoms with Crippen molar-refractivity contribution < 1.29 is 4.79 Å². The molecule has 0 bridgehead atoms. The zero-order chi connectivity index (χ0) is 12.5. The van der Waals surface area contributed by atoms with Crippen LogP contribution in [0.3, 0.4) is 0 Å². The van der Waals surface area contributed by atoms with E-state index < -0.39 is 0 Å². The molecule has 3 rings (SSSR count). The van der Waals surface area contributed by atoms with Gasteiger partial charge in [0, 0.05) is 24.0 Å². The van der Waals surface area contributed by atoms with Crippen molar-refractivity contribution in [2.24, 2.45) is 0 Å². The number of aromatic amines is 1. The number of aromatic nitrogens is 1. The number of carbonyl (C=O) groups is 1. The molecule has 18 heavy (non-hydrogen) atoms. The molecule has 3 nitrogen and oxygen atoms in total. The highest BCUT2D eigenvalue weighted by atomic mass is 16.2. The first kappa shape index (κ1) is 10.8. The van der Waals surface area contributed by atoms with Crippen LogP contribution in [0.15, 0.2) is 55.3 Å². The summed E-state index contributed by atoms with van der Waals surface area (Å²) in [5.74, 6) is 0.0742. The lowest BCUT2D eigenvalue weighted by molar-refractivity contribution is 0.0768. The Balaban J connectivity index is 2.13. The zero-order valence-electron chi connectivity index (χ0n) is 9.97. The molecular formula is C15H14N2O. The fourth-order valence-electron chi connectivity index (χ4n) is 2.55. The van der Waals surface area contributed by atoms with E-state index in [-0.39, 0.29) is 11.9 Å². The van der Waals surface area contributed by atoms with Crippen LogP contribution in [0, 0.1) is 0 Å². The summed E-state index contributed by atoms with van der Waals surface area (Å²) in [5.41, 5.74) is 2.89. The topological polar surface area (TPSA) is 36.1 Å². The van der Waals surface area contributed by atoms with Gasteiger partial charge in [0.15, 0.2) is 0 Å². The summed E-state index contributed by atoms with van der Waals surface area (Å²) in [6.45, 7) is 4.29. The number of rotatable bonds is 3. The number of carbonyl (C=O) groups excluding carboxylic acids is 1. The van der Waals surface area contributed by atoms with Gasteiger partial charge in [-0.25, -0.2) is 0 Å². The first-order valence-electron chi connectivity index (χ1n) is 5.97. The Morgan fingerprint density at radius 2 is 2.11 bits per heavy atom. The Morgan fingerprint density at radius 3 is 2.83 bits per heavy atom. The monoisotopic (exact) mass is 238 g/mol. The van der Waals surface area contributed by atoms with Crippen LogP contribution in [0.2, 0.25) is 0 Å². The maximum atomic E-state index is 12.4. The van der Waals surface area contributed by atoms with Crippen LogP contribution in [-0.4, -0.2) is 22.3 Å². The highest BCUT2D eigenvalue weighted by Crippen LogP contribution is 2.37. The molecule has 1 N–H and O–H groups in total. The van der Waals surface area contributed by atoms with Gasteiger partial charge in [-0.15, -0.1) is 6.58 Å². The highest BCUT2D eigenvalue weighted by Gasteiger charge is 2.36. The quantitative estimate of drug-likeness (QED) is 0.820. The van der Waals surface area contributed by atoms with Crippen LogP contribution in [0.4, 0.5) is 0 Å². The molecule has 1 aliphatic rings. The van der Waals surface area contributed by atoms with Crippen LogP contribution in [0.25, 0.3) is 0 Å². The van der Waals surface area contributed by atoms with Gasteiger partial charge in [0.2, 0.25) is 0 Å². The lowest BCUT2D eigenvalue weighted by Gasteiger charge is -2.23. The molecule has 90 valence electrons. The van der Waals surface area contributed by atoms with Crippen molar-refractivity contribution in [3.8, 4) is 0 Å². The van der Waals surface area contributed by atoms with E-state index in [1.54, 1.807) is 6.08 Å². The molecule has 1 aliphatic heterocycles. The Bertz CT molecular complexity index is 586. The van der Waals surface area contributed by atoms with Gasteiger partial charge in [0.1, 0.15) is 0 Å². The minimum absolute atomic E-state index is 0.0262. The summed E-state index contributed by atoms with van der Waals surface area (Å²) in [4.78, 5) is 17.4. The summed E-state index contributed by atoms with van der Waals surface area (Å²) in [5, 5.41) is 0. The van der Waals surface area contributed by atoms with Gasteiger partial charge in [-0.1, -0.05) is 24.3 Å². The normalized spacial score (nSPS) is 17.9. The molecule has 0 radical (unpaired) electrons. The molecule has 0 aliphatic carbocycles. The fraction of sp³-hybridized carbons (Fsp3) is 0.133. The zero-order valence-corrected chi connectivity index (χ0v) is 9.97. The third kappa shape index (κ3) is 1.48. The molecule has 1 aromatic heterocycles. The van der Waals surface area contributed by atoms with Crippen molar-refractivity contribution >= 4 is 5.91 Å². The summed E-state index contributed by atoms with van der Waals surface area (Å²) in [7, 11) is 0. The van der Waals surface area contributed by atoms with E-state index in [1.807, 2.05) is 47.5 Å². The Morgan fingerprint density at radius 1 is 1.28 bits per heavy atom. The summed E-state index contributed by atoms with van der Waals surface area (Å²) in [6, 6.07) is 11.7. The van der Waals surface area contributed by atoms with Gasteiger partial charge in [-0.2, -0.15) is 0 Å². The fourth-order valence-corrected chi connectivity index (χ4v) is 2.55. The van der Waals surface area contributed by atoms with Gasteiger partial charge in [0.25, 0.3) is 5.91 Å². The second kappa shape index (κ2) is 4.18. The minimum atomic E-state index is -0.0262. The molecule has 0 spiro atoms. The van der Waals surface area contributed by atoms with Crippen molar-refractivity contribution in [3.05, 3.63) is 72.1 Å². The van der Waals surface area contributed by atoms with E-state index in [0.29, 0.717) is 6.54 Å². The smallest absolute Gasteiger partial charge is 0.255 e. The molecule has 1 amide bonds. The first-order valence-corrected chi connectivity index (χ1v) is 5.97. The largest absolute Gasteiger partial charge is 0.363 e. The second-order valence-electron chi connectivity index (χ2n) is 4.36. The van der Waals surface area contributed by atoms with Crippen molar-refractivity contribution in [2.75, 3.05) is 6.54 Å². The lowest BCUT2D eigenvalue weighted by Crippen LogP contribution is -2.28. The van der Waals surface area contributed by atoms with Crippen LogP contribution in [0.5, 0.6) is 0 Å². The molecule has 0 saturated carbocycles. The van der Waals surface area contributed by atoms with Crippen LogP contribution in [0.1, 0.15) is 27.7 Å². The predicted octanol–water partition coefficient (Wildman–Crippen LogP) is 2.75.